The number of fused-ring (bicyclic) bond motifs is 1. The molecule has 1 aliphatic heterocycles. The molecular weight excluding hydrogens is 631 g/mol. The van der Waals surface area contributed by atoms with Crippen LogP contribution in [0.25, 0.3) is 16.7 Å². The molecule has 14 heteroatoms. The molecule has 1 aliphatic rings. The highest BCUT2D eigenvalue weighted by atomic mass is 35.5. The van der Waals surface area contributed by atoms with Crippen LogP contribution >= 0.6 is 23.2 Å². The first-order valence-corrected chi connectivity index (χ1v) is 15.5. The van der Waals surface area contributed by atoms with Gasteiger partial charge in [0.25, 0.3) is 10.0 Å². The molecular formula is C30H24Cl2N4O7S. The molecule has 0 unspecified atom stereocenters. The standard InChI is InChI=1S/C30H24Cl2N4O7S/c31-21-13-22(32)15-25(14-21)44(39,40)36(16-29(37)38)23-6-7-26-20(12-23)10-11-35(26)27-8-9-28(34-33-27)43-24-17-41-30(42-18-24)19-4-2-1-3-5-19/h1-15,24,30H,16-18H2,(H,37,38). The lowest BCUT2D eigenvalue weighted by Gasteiger charge is -2.29. The number of anilines is 1. The average Bonchev–Trinajstić information content (AvgIpc) is 3.44. The van der Waals surface area contributed by atoms with Gasteiger partial charge in [0, 0.05) is 33.3 Å². The molecule has 3 aromatic carbocycles. The maximum Gasteiger partial charge on any atom is 0.324 e. The van der Waals surface area contributed by atoms with Crippen LogP contribution in [0.1, 0.15) is 11.9 Å². The van der Waals surface area contributed by atoms with Crippen LogP contribution in [-0.4, -0.2) is 60.1 Å². The molecule has 0 spiro atoms. The second kappa shape index (κ2) is 12.4. The molecule has 6 rings (SSSR count). The van der Waals surface area contributed by atoms with E-state index < -0.39 is 28.8 Å². The molecule has 3 heterocycles. The lowest BCUT2D eigenvalue weighted by Crippen LogP contribution is -2.35. The SMILES string of the molecule is O=C(O)CN(c1ccc2c(ccn2-c2ccc(OC3COC(c4ccccc4)OC3)nn2)c1)S(=O)(=O)c1cc(Cl)cc(Cl)c1. The third-order valence-electron chi connectivity index (χ3n) is 6.76. The van der Waals surface area contributed by atoms with E-state index in [9.17, 15) is 18.3 Å². The van der Waals surface area contributed by atoms with Gasteiger partial charge < -0.3 is 19.3 Å². The number of rotatable bonds is 9. The minimum Gasteiger partial charge on any atom is -0.480 e. The van der Waals surface area contributed by atoms with E-state index >= 15 is 0 Å². The van der Waals surface area contributed by atoms with Crippen molar-refractivity contribution in [2.45, 2.75) is 17.3 Å². The van der Waals surface area contributed by atoms with Crippen molar-refractivity contribution in [3.8, 4) is 11.7 Å². The number of hydrogen-bond donors (Lipinski definition) is 1. The number of carbonyl (C=O) groups is 1. The van der Waals surface area contributed by atoms with Gasteiger partial charge >= 0.3 is 5.97 Å². The number of carboxylic acids is 1. The molecule has 0 aliphatic carbocycles. The van der Waals surface area contributed by atoms with Crippen LogP contribution in [0.15, 0.2) is 96.0 Å². The van der Waals surface area contributed by atoms with Crippen molar-refractivity contribution in [2.24, 2.45) is 0 Å². The molecule has 0 bridgehead atoms. The van der Waals surface area contributed by atoms with Gasteiger partial charge in [-0.2, -0.15) is 0 Å². The number of aliphatic carboxylic acids is 1. The van der Waals surface area contributed by atoms with Crippen LogP contribution in [0.2, 0.25) is 10.0 Å². The summed E-state index contributed by atoms with van der Waals surface area (Å²) in [5, 5.41) is 18.8. The molecule has 1 N–H and O–H groups in total. The Bertz CT molecular complexity index is 1890. The third-order valence-corrected chi connectivity index (χ3v) is 8.95. The summed E-state index contributed by atoms with van der Waals surface area (Å²) in [7, 11) is -4.32. The Labute approximate surface area is 262 Å². The fraction of sp³-hybridized carbons (Fsp3) is 0.167. The number of aromatic nitrogens is 3. The fourth-order valence-corrected chi connectivity index (χ4v) is 6.89. The summed E-state index contributed by atoms with van der Waals surface area (Å²) in [5.41, 5.74) is 1.77. The number of ether oxygens (including phenoxy) is 3. The fourth-order valence-electron chi connectivity index (χ4n) is 4.76. The number of carboxylic acid groups (broad SMARTS) is 1. The number of hydrogen-bond acceptors (Lipinski definition) is 8. The number of halogens is 2. The van der Waals surface area contributed by atoms with Crippen molar-refractivity contribution >= 4 is 55.8 Å². The lowest BCUT2D eigenvalue weighted by molar-refractivity contribution is -0.216. The molecule has 0 saturated carbocycles. The Balaban J connectivity index is 1.19. The predicted octanol–water partition coefficient (Wildman–Crippen LogP) is 5.50. The summed E-state index contributed by atoms with van der Waals surface area (Å²) in [6.45, 7) is -0.158. The monoisotopic (exact) mass is 654 g/mol. The second-order valence-electron chi connectivity index (χ2n) is 9.82. The molecule has 2 aromatic heterocycles. The molecule has 226 valence electrons. The summed E-state index contributed by atoms with van der Waals surface area (Å²) in [6, 6.07) is 23.4. The van der Waals surface area contributed by atoms with E-state index in [4.69, 9.17) is 37.4 Å². The zero-order chi connectivity index (χ0) is 30.8. The van der Waals surface area contributed by atoms with E-state index in [1.807, 2.05) is 30.3 Å². The van der Waals surface area contributed by atoms with E-state index in [1.165, 1.54) is 24.3 Å². The van der Waals surface area contributed by atoms with E-state index in [0.717, 1.165) is 9.87 Å². The van der Waals surface area contributed by atoms with Crippen molar-refractivity contribution in [1.29, 1.82) is 0 Å². The first-order chi connectivity index (χ1) is 21.2. The number of sulfonamides is 1. The quantitative estimate of drug-likeness (QED) is 0.219. The zero-order valence-electron chi connectivity index (χ0n) is 22.8. The Hall–Kier alpha value is -4.20. The highest BCUT2D eigenvalue weighted by molar-refractivity contribution is 7.92. The van der Waals surface area contributed by atoms with Gasteiger partial charge in [-0.05, 0) is 48.5 Å². The van der Waals surface area contributed by atoms with Gasteiger partial charge in [-0.3, -0.25) is 13.7 Å². The molecule has 5 aromatic rings. The minimum atomic E-state index is -4.32. The van der Waals surface area contributed by atoms with Crippen LogP contribution in [0, 0.1) is 0 Å². The molecule has 44 heavy (non-hydrogen) atoms. The average molecular weight is 656 g/mol. The maximum absolute atomic E-state index is 13.5. The van der Waals surface area contributed by atoms with Crippen LogP contribution in [0.5, 0.6) is 5.88 Å². The first-order valence-electron chi connectivity index (χ1n) is 13.3. The van der Waals surface area contributed by atoms with Gasteiger partial charge in [-0.1, -0.05) is 53.5 Å². The normalized spacial score (nSPS) is 17.0. The van der Waals surface area contributed by atoms with E-state index in [0.29, 0.717) is 35.8 Å². The summed E-state index contributed by atoms with van der Waals surface area (Å²) in [6.07, 6.45) is 0.950. The van der Waals surface area contributed by atoms with Crippen molar-refractivity contribution < 1.29 is 32.5 Å². The van der Waals surface area contributed by atoms with Crippen molar-refractivity contribution in [2.75, 3.05) is 24.1 Å². The van der Waals surface area contributed by atoms with E-state index in [2.05, 4.69) is 10.2 Å². The van der Waals surface area contributed by atoms with Gasteiger partial charge in [-0.25, -0.2) is 8.42 Å². The van der Waals surface area contributed by atoms with Crippen LogP contribution in [0.4, 0.5) is 5.69 Å². The smallest absolute Gasteiger partial charge is 0.324 e. The molecule has 0 atom stereocenters. The summed E-state index contributed by atoms with van der Waals surface area (Å²) >= 11 is 12.0. The van der Waals surface area contributed by atoms with Crippen molar-refractivity contribution in [3.63, 3.8) is 0 Å². The third kappa shape index (κ3) is 6.35. The topological polar surface area (TPSA) is 133 Å². The van der Waals surface area contributed by atoms with Gasteiger partial charge in [0.05, 0.1) is 29.3 Å². The van der Waals surface area contributed by atoms with Crippen LogP contribution < -0.4 is 9.04 Å². The first kappa shape index (κ1) is 29.9. The van der Waals surface area contributed by atoms with Gasteiger partial charge in [-0.15, -0.1) is 10.2 Å². The largest absolute Gasteiger partial charge is 0.480 e. The molecule has 11 nitrogen and oxygen atoms in total. The predicted molar refractivity (Wildman–Crippen MR) is 163 cm³/mol. The Kier molecular flexibility index (Phi) is 8.43. The second-order valence-corrected chi connectivity index (χ2v) is 12.6. The highest BCUT2D eigenvalue weighted by Gasteiger charge is 2.29. The molecule has 0 radical (unpaired) electrons. The van der Waals surface area contributed by atoms with Gasteiger partial charge in [0.15, 0.2) is 12.1 Å². The van der Waals surface area contributed by atoms with Crippen molar-refractivity contribution in [3.05, 3.63) is 107 Å². The van der Waals surface area contributed by atoms with Gasteiger partial charge in [0.1, 0.15) is 12.6 Å². The number of benzene rings is 3. The lowest BCUT2D eigenvalue weighted by atomic mass is 10.2. The minimum absolute atomic E-state index is 0.105. The van der Waals surface area contributed by atoms with Crippen LogP contribution in [-0.2, 0) is 24.3 Å². The van der Waals surface area contributed by atoms with Crippen molar-refractivity contribution in [1.82, 2.24) is 14.8 Å². The highest BCUT2D eigenvalue weighted by Crippen LogP contribution is 2.31. The van der Waals surface area contributed by atoms with E-state index in [1.54, 1.807) is 41.1 Å². The Morgan fingerprint density at radius 2 is 1.68 bits per heavy atom. The van der Waals surface area contributed by atoms with Gasteiger partial charge in [0.2, 0.25) is 5.88 Å². The molecule has 1 fully saturated rings. The Morgan fingerprint density at radius 1 is 0.955 bits per heavy atom. The summed E-state index contributed by atoms with van der Waals surface area (Å²) in [5.74, 6) is -0.540. The summed E-state index contributed by atoms with van der Waals surface area (Å²) < 4.78 is 47.0. The van der Waals surface area contributed by atoms with E-state index in [-0.39, 0.29) is 26.7 Å². The molecule has 1 saturated heterocycles. The summed E-state index contributed by atoms with van der Waals surface area (Å²) in [4.78, 5) is 11.4. The Morgan fingerprint density at radius 3 is 2.34 bits per heavy atom. The van der Waals surface area contributed by atoms with Crippen LogP contribution in [0.3, 0.4) is 0 Å². The zero-order valence-corrected chi connectivity index (χ0v) is 25.1. The molecule has 0 amide bonds. The maximum atomic E-state index is 13.5. The number of nitrogens with zero attached hydrogens (tertiary/aromatic N) is 4.